The topological polar surface area (TPSA) is 79.7 Å². The van der Waals surface area contributed by atoms with Crippen molar-refractivity contribution in [2.75, 3.05) is 13.2 Å². The molecule has 0 aliphatic heterocycles. The number of benzene rings is 2. The Hall–Kier alpha value is -3.35. The third-order valence-electron chi connectivity index (χ3n) is 4.53. The maximum absolute atomic E-state index is 12.6. The van der Waals surface area contributed by atoms with E-state index in [9.17, 15) is 9.59 Å². The second kappa shape index (κ2) is 10.4. The van der Waals surface area contributed by atoms with Gasteiger partial charge in [-0.2, -0.15) is 5.10 Å². The number of rotatable bonds is 10. The van der Waals surface area contributed by atoms with Gasteiger partial charge in [-0.05, 0) is 24.6 Å². The summed E-state index contributed by atoms with van der Waals surface area (Å²) in [6.45, 7) is 4.75. The summed E-state index contributed by atoms with van der Waals surface area (Å²) in [5.74, 6) is 0.737. The van der Waals surface area contributed by atoms with Crippen LogP contribution in [0.25, 0.3) is 10.8 Å². The van der Waals surface area contributed by atoms with Crippen LogP contribution < -0.4 is 19.8 Å². The quantitative estimate of drug-likeness (QED) is 0.286. The third kappa shape index (κ3) is 5.17. The van der Waals surface area contributed by atoms with Crippen molar-refractivity contribution in [3.63, 3.8) is 0 Å². The van der Waals surface area contributed by atoms with Crippen LogP contribution >= 0.6 is 0 Å². The average Bonchev–Trinajstić information content (AvgIpc) is 2.77. The molecule has 158 valence electrons. The summed E-state index contributed by atoms with van der Waals surface area (Å²) in [6.07, 6.45) is 3.78. The van der Waals surface area contributed by atoms with Gasteiger partial charge < -0.3 is 14.2 Å². The van der Waals surface area contributed by atoms with Crippen LogP contribution in [0.5, 0.6) is 17.2 Å². The van der Waals surface area contributed by atoms with Crippen LogP contribution in [0, 0.1) is 0 Å². The van der Waals surface area contributed by atoms with E-state index in [-0.39, 0.29) is 36.9 Å². The number of unbranched alkanes of at least 4 members (excludes halogenated alkanes) is 1. The van der Waals surface area contributed by atoms with Crippen molar-refractivity contribution >= 4 is 16.7 Å². The lowest BCUT2D eigenvalue weighted by atomic mass is 10.2. The molecule has 1 heterocycles. The van der Waals surface area contributed by atoms with Crippen molar-refractivity contribution in [1.82, 2.24) is 9.78 Å². The van der Waals surface area contributed by atoms with Gasteiger partial charge in [0.05, 0.1) is 24.7 Å². The summed E-state index contributed by atoms with van der Waals surface area (Å²) >= 11 is 0. The molecule has 1 aromatic heterocycles. The Labute approximate surface area is 175 Å². The highest BCUT2D eigenvalue weighted by Crippen LogP contribution is 2.37. The van der Waals surface area contributed by atoms with Gasteiger partial charge in [0.2, 0.25) is 5.75 Å². The number of para-hydroxylation sites is 1. The Morgan fingerprint density at radius 1 is 1.00 bits per heavy atom. The van der Waals surface area contributed by atoms with Crippen LogP contribution in [0.2, 0.25) is 0 Å². The van der Waals surface area contributed by atoms with E-state index >= 15 is 0 Å². The van der Waals surface area contributed by atoms with Crippen molar-refractivity contribution in [1.29, 1.82) is 0 Å². The molecule has 2 aromatic carbocycles. The largest absolute Gasteiger partial charge is 0.490 e. The van der Waals surface area contributed by atoms with Gasteiger partial charge in [0.1, 0.15) is 6.61 Å². The third-order valence-corrected chi connectivity index (χ3v) is 4.53. The number of hydrogen-bond donors (Lipinski definition) is 0. The smallest absolute Gasteiger partial charge is 0.311 e. The van der Waals surface area contributed by atoms with Gasteiger partial charge >= 0.3 is 5.97 Å². The number of esters is 1. The maximum Gasteiger partial charge on any atom is 0.311 e. The van der Waals surface area contributed by atoms with Crippen molar-refractivity contribution in [2.24, 2.45) is 0 Å². The van der Waals surface area contributed by atoms with E-state index in [4.69, 9.17) is 14.2 Å². The zero-order valence-corrected chi connectivity index (χ0v) is 17.3. The maximum atomic E-state index is 12.6. The summed E-state index contributed by atoms with van der Waals surface area (Å²) in [5.41, 5.74) is -0.175. The van der Waals surface area contributed by atoms with Gasteiger partial charge in [0.15, 0.2) is 11.5 Å². The standard InChI is InChI=1S/C23H26N2O5/c1-3-5-14-28-19-11-8-12-20(22(19)30-21(26)4-2)29-15-13-25-23(27)18-10-7-6-9-17(18)16-24-25/h6-12,16H,3-5,13-15H2,1-2H3. The number of nitrogens with zero attached hydrogens (tertiary/aromatic N) is 2. The Kier molecular flexibility index (Phi) is 7.43. The molecule has 0 bridgehead atoms. The first-order valence-electron chi connectivity index (χ1n) is 10.2. The minimum atomic E-state index is -0.376. The van der Waals surface area contributed by atoms with Gasteiger partial charge in [-0.15, -0.1) is 0 Å². The van der Waals surface area contributed by atoms with Crippen LogP contribution in [-0.2, 0) is 11.3 Å². The molecule has 0 saturated carbocycles. The molecule has 0 radical (unpaired) electrons. The fourth-order valence-corrected chi connectivity index (χ4v) is 2.87. The summed E-state index contributed by atoms with van der Waals surface area (Å²) in [7, 11) is 0. The first-order valence-corrected chi connectivity index (χ1v) is 10.2. The highest BCUT2D eigenvalue weighted by Gasteiger charge is 2.16. The van der Waals surface area contributed by atoms with E-state index in [0.717, 1.165) is 18.2 Å². The molecule has 0 unspecified atom stereocenters. The molecule has 30 heavy (non-hydrogen) atoms. The van der Waals surface area contributed by atoms with Gasteiger partial charge in [-0.3, -0.25) is 9.59 Å². The SMILES string of the molecule is CCCCOc1cccc(OCCn2ncc3ccccc3c2=O)c1OC(=O)CC. The molecule has 0 atom stereocenters. The molecule has 0 spiro atoms. The highest BCUT2D eigenvalue weighted by molar-refractivity contribution is 5.80. The lowest BCUT2D eigenvalue weighted by Gasteiger charge is -2.16. The Bertz CT molecular complexity index is 1060. The van der Waals surface area contributed by atoms with E-state index in [1.54, 1.807) is 37.4 Å². The predicted molar refractivity (Wildman–Crippen MR) is 114 cm³/mol. The monoisotopic (exact) mass is 410 g/mol. The van der Waals surface area contributed by atoms with E-state index in [1.165, 1.54) is 4.68 Å². The van der Waals surface area contributed by atoms with Crippen LogP contribution in [0.15, 0.2) is 53.5 Å². The normalized spacial score (nSPS) is 10.7. The Balaban J connectivity index is 1.75. The first kappa shape index (κ1) is 21.4. The zero-order chi connectivity index (χ0) is 21.3. The molecule has 0 N–H and O–H groups in total. The van der Waals surface area contributed by atoms with Crippen LogP contribution in [0.1, 0.15) is 33.1 Å². The minimum Gasteiger partial charge on any atom is -0.490 e. The predicted octanol–water partition coefficient (Wildman–Crippen LogP) is 3.97. The molecular weight excluding hydrogens is 384 g/mol. The van der Waals surface area contributed by atoms with E-state index in [1.807, 2.05) is 18.2 Å². The number of fused-ring (bicyclic) bond motifs is 1. The second-order valence-corrected chi connectivity index (χ2v) is 6.72. The molecule has 0 fully saturated rings. The molecular formula is C23H26N2O5. The molecule has 0 aliphatic rings. The van der Waals surface area contributed by atoms with Crippen LogP contribution in [-0.4, -0.2) is 29.0 Å². The highest BCUT2D eigenvalue weighted by atomic mass is 16.6. The van der Waals surface area contributed by atoms with E-state index in [0.29, 0.717) is 23.5 Å². The summed E-state index contributed by atoms with van der Waals surface area (Å²) < 4.78 is 18.4. The van der Waals surface area contributed by atoms with Crippen LogP contribution in [0.4, 0.5) is 0 Å². The zero-order valence-electron chi connectivity index (χ0n) is 17.3. The minimum absolute atomic E-state index is 0.175. The lowest BCUT2D eigenvalue weighted by Crippen LogP contribution is -2.25. The number of aromatic nitrogens is 2. The molecule has 0 amide bonds. The van der Waals surface area contributed by atoms with Crippen molar-refractivity contribution in [3.8, 4) is 17.2 Å². The summed E-state index contributed by atoms with van der Waals surface area (Å²) in [4.78, 5) is 24.5. The lowest BCUT2D eigenvalue weighted by molar-refractivity contribution is -0.134. The Morgan fingerprint density at radius 3 is 2.47 bits per heavy atom. The van der Waals surface area contributed by atoms with Gasteiger partial charge in [-0.1, -0.05) is 44.5 Å². The van der Waals surface area contributed by atoms with Crippen LogP contribution in [0.3, 0.4) is 0 Å². The average molecular weight is 410 g/mol. The molecule has 0 aliphatic carbocycles. The number of hydrogen-bond acceptors (Lipinski definition) is 6. The summed E-state index contributed by atoms with van der Waals surface area (Å²) in [5, 5.41) is 5.61. The fraction of sp³-hybridized carbons (Fsp3) is 0.348. The van der Waals surface area contributed by atoms with Gasteiger partial charge in [0, 0.05) is 11.8 Å². The molecule has 7 nitrogen and oxygen atoms in total. The number of ether oxygens (including phenoxy) is 3. The molecule has 3 rings (SSSR count). The fourth-order valence-electron chi connectivity index (χ4n) is 2.87. The van der Waals surface area contributed by atoms with Gasteiger partial charge in [0.25, 0.3) is 5.56 Å². The van der Waals surface area contributed by atoms with Gasteiger partial charge in [-0.25, -0.2) is 4.68 Å². The van der Waals surface area contributed by atoms with E-state index < -0.39 is 0 Å². The van der Waals surface area contributed by atoms with Crippen molar-refractivity contribution in [2.45, 2.75) is 39.7 Å². The number of carbonyl (C=O) groups is 1. The second-order valence-electron chi connectivity index (χ2n) is 6.72. The van der Waals surface area contributed by atoms with Crippen molar-refractivity contribution < 1.29 is 19.0 Å². The molecule has 7 heteroatoms. The first-order chi connectivity index (χ1) is 14.6. The molecule has 3 aromatic rings. The molecule has 0 saturated heterocycles. The summed E-state index contributed by atoms with van der Waals surface area (Å²) in [6, 6.07) is 12.5. The Morgan fingerprint density at radius 2 is 1.73 bits per heavy atom. The number of carbonyl (C=O) groups excluding carboxylic acids is 1. The van der Waals surface area contributed by atoms with E-state index in [2.05, 4.69) is 12.0 Å². The van der Waals surface area contributed by atoms with Crippen molar-refractivity contribution in [3.05, 3.63) is 59.0 Å².